The summed E-state index contributed by atoms with van der Waals surface area (Å²) >= 11 is 0. The number of nitrogens with zero attached hydrogens (tertiary/aromatic N) is 2. The lowest BCUT2D eigenvalue weighted by Crippen LogP contribution is -2.14. The number of carbonyl (C=O) groups excluding carboxylic acids is 1. The summed E-state index contributed by atoms with van der Waals surface area (Å²) in [6.07, 6.45) is 1.27. The number of aromatic nitrogens is 1. The Bertz CT molecular complexity index is 726. The zero-order valence-corrected chi connectivity index (χ0v) is 12.1. The largest absolute Gasteiger partial charge is 0.497 e. The van der Waals surface area contributed by atoms with Crippen molar-refractivity contribution < 1.29 is 14.1 Å². The molecule has 1 heterocycles. The standard InChI is InChI=1S/C15H14N4O3/c1-10-7-14(19-22-10)17-9-11(8-16)15(20)18-12-3-5-13(21-2)6-4-12/h3-7,9H,1-2H3,(H,17,19)(H,18,20)/b11-9-. The number of rotatable bonds is 5. The van der Waals surface area contributed by atoms with Crippen LogP contribution < -0.4 is 15.4 Å². The van der Waals surface area contributed by atoms with E-state index in [9.17, 15) is 4.79 Å². The predicted molar refractivity (Wildman–Crippen MR) is 80.2 cm³/mol. The van der Waals surface area contributed by atoms with Crippen molar-refractivity contribution in [2.45, 2.75) is 6.92 Å². The van der Waals surface area contributed by atoms with Crippen molar-refractivity contribution in [1.82, 2.24) is 5.16 Å². The normalized spacial score (nSPS) is 10.7. The number of amides is 1. The maximum atomic E-state index is 12.0. The number of benzene rings is 1. The number of anilines is 2. The monoisotopic (exact) mass is 298 g/mol. The molecule has 112 valence electrons. The highest BCUT2D eigenvalue weighted by Crippen LogP contribution is 2.15. The third-order valence-electron chi connectivity index (χ3n) is 2.71. The molecule has 0 saturated carbocycles. The van der Waals surface area contributed by atoms with Crippen molar-refractivity contribution >= 4 is 17.4 Å². The summed E-state index contributed by atoms with van der Waals surface area (Å²) < 4.78 is 9.90. The van der Waals surface area contributed by atoms with Crippen molar-refractivity contribution in [3.05, 3.63) is 47.9 Å². The van der Waals surface area contributed by atoms with E-state index in [-0.39, 0.29) is 5.57 Å². The number of nitrogens with one attached hydrogen (secondary N) is 2. The topological polar surface area (TPSA) is 100 Å². The van der Waals surface area contributed by atoms with E-state index < -0.39 is 5.91 Å². The molecule has 1 aromatic heterocycles. The highest BCUT2D eigenvalue weighted by molar-refractivity contribution is 6.06. The minimum absolute atomic E-state index is 0.0866. The summed E-state index contributed by atoms with van der Waals surface area (Å²) in [7, 11) is 1.56. The number of ether oxygens (including phenoxy) is 1. The van der Waals surface area contributed by atoms with Gasteiger partial charge in [-0.1, -0.05) is 5.16 Å². The maximum absolute atomic E-state index is 12.0. The van der Waals surface area contributed by atoms with E-state index in [1.807, 2.05) is 6.07 Å². The predicted octanol–water partition coefficient (Wildman–Crippen LogP) is 2.45. The third-order valence-corrected chi connectivity index (χ3v) is 2.71. The molecule has 7 nitrogen and oxygen atoms in total. The van der Waals surface area contributed by atoms with Crippen LogP contribution in [0.25, 0.3) is 0 Å². The number of nitriles is 1. The Balaban J connectivity index is 2.03. The Morgan fingerprint density at radius 3 is 2.68 bits per heavy atom. The SMILES string of the molecule is COc1ccc(NC(=O)/C(C#N)=C\Nc2cc(C)on2)cc1. The van der Waals surface area contributed by atoms with Crippen LogP contribution in [0.15, 0.2) is 46.6 Å². The molecule has 2 rings (SSSR count). The van der Waals surface area contributed by atoms with Gasteiger partial charge in [0, 0.05) is 18.0 Å². The summed E-state index contributed by atoms with van der Waals surface area (Å²) in [4.78, 5) is 12.0. The van der Waals surface area contributed by atoms with Gasteiger partial charge in [0.15, 0.2) is 5.82 Å². The zero-order valence-electron chi connectivity index (χ0n) is 12.1. The summed E-state index contributed by atoms with van der Waals surface area (Å²) in [6.45, 7) is 1.74. The lowest BCUT2D eigenvalue weighted by atomic mass is 10.2. The van der Waals surface area contributed by atoms with Crippen molar-refractivity contribution in [3.8, 4) is 11.8 Å². The number of hydrogen-bond donors (Lipinski definition) is 2. The van der Waals surface area contributed by atoms with Crippen molar-refractivity contribution in [2.75, 3.05) is 17.7 Å². The first-order chi connectivity index (χ1) is 10.6. The number of carbonyl (C=O) groups is 1. The summed E-state index contributed by atoms with van der Waals surface area (Å²) in [6, 6.07) is 10.3. The van der Waals surface area contributed by atoms with Gasteiger partial charge in [0.05, 0.1) is 7.11 Å². The van der Waals surface area contributed by atoms with Crippen LogP contribution in [0, 0.1) is 18.3 Å². The van der Waals surface area contributed by atoms with Crippen LogP contribution in [0.1, 0.15) is 5.76 Å². The quantitative estimate of drug-likeness (QED) is 0.649. The number of aryl methyl sites for hydroxylation is 1. The van der Waals surface area contributed by atoms with Crippen molar-refractivity contribution in [1.29, 1.82) is 5.26 Å². The molecule has 1 aromatic carbocycles. The second kappa shape index (κ2) is 6.95. The van der Waals surface area contributed by atoms with Crippen molar-refractivity contribution in [3.63, 3.8) is 0 Å². The van der Waals surface area contributed by atoms with Crippen LogP contribution in [-0.4, -0.2) is 18.2 Å². The Labute approximate surface area is 127 Å². The van der Waals surface area contributed by atoms with E-state index in [1.54, 1.807) is 44.4 Å². The van der Waals surface area contributed by atoms with Crippen LogP contribution in [0.5, 0.6) is 5.75 Å². The zero-order chi connectivity index (χ0) is 15.9. The molecule has 0 saturated heterocycles. The molecule has 0 spiro atoms. The molecule has 2 N–H and O–H groups in total. The van der Waals surface area contributed by atoms with Gasteiger partial charge in [0.2, 0.25) is 0 Å². The minimum atomic E-state index is -0.527. The van der Waals surface area contributed by atoms with E-state index >= 15 is 0 Å². The molecule has 1 amide bonds. The molecule has 0 atom stereocenters. The molecule has 0 fully saturated rings. The highest BCUT2D eigenvalue weighted by Gasteiger charge is 2.10. The van der Waals surface area contributed by atoms with E-state index in [0.29, 0.717) is 23.0 Å². The van der Waals surface area contributed by atoms with E-state index in [0.717, 1.165) is 0 Å². The van der Waals surface area contributed by atoms with E-state index in [1.165, 1.54) is 6.20 Å². The van der Waals surface area contributed by atoms with Crippen LogP contribution in [-0.2, 0) is 4.79 Å². The fourth-order valence-corrected chi connectivity index (χ4v) is 1.60. The van der Waals surface area contributed by atoms with Gasteiger partial charge in [-0.05, 0) is 31.2 Å². The Hall–Kier alpha value is -3.27. The molecule has 2 aromatic rings. The van der Waals surface area contributed by atoms with E-state index in [2.05, 4.69) is 15.8 Å². The molecule has 7 heteroatoms. The van der Waals surface area contributed by atoms with Gasteiger partial charge in [-0.3, -0.25) is 4.79 Å². The van der Waals surface area contributed by atoms with Gasteiger partial charge in [-0.15, -0.1) is 0 Å². The van der Waals surface area contributed by atoms with Gasteiger partial charge in [-0.2, -0.15) is 5.26 Å². The van der Waals surface area contributed by atoms with E-state index in [4.69, 9.17) is 14.5 Å². The lowest BCUT2D eigenvalue weighted by Gasteiger charge is -2.05. The molecule has 22 heavy (non-hydrogen) atoms. The highest BCUT2D eigenvalue weighted by atomic mass is 16.5. The maximum Gasteiger partial charge on any atom is 0.267 e. The molecule has 0 aliphatic carbocycles. The first-order valence-electron chi connectivity index (χ1n) is 6.38. The first kappa shape index (κ1) is 15.1. The number of methoxy groups -OCH3 is 1. The third kappa shape index (κ3) is 3.86. The molecule has 0 aliphatic heterocycles. The molecule has 0 unspecified atom stereocenters. The Morgan fingerprint density at radius 2 is 2.14 bits per heavy atom. The molecular weight excluding hydrogens is 284 g/mol. The second-order valence-electron chi connectivity index (χ2n) is 4.32. The molecule has 0 radical (unpaired) electrons. The van der Waals surface area contributed by atoms with Gasteiger partial charge in [-0.25, -0.2) is 0 Å². The molecule has 0 aliphatic rings. The van der Waals surface area contributed by atoms with Crippen LogP contribution >= 0.6 is 0 Å². The fourth-order valence-electron chi connectivity index (χ4n) is 1.60. The second-order valence-corrected chi connectivity index (χ2v) is 4.32. The average molecular weight is 298 g/mol. The van der Waals surface area contributed by atoms with Crippen LogP contribution in [0.2, 0.25) is 0 Å². The molecule has 0 bridgehead atoms. The van der Waals surface area contributed by atoms with Gasteiger partial charge >= 0.3 is 0 Å². The Kier molecular flexibility index (Phi) is 4.78. The smallest absolute Gasteiger partial charge is 0.267 e. The first-order valence-corrected chi connectivity index (χ1v) is 6.38. The van der Waals surface area contributed by atoms with Gasteiger partial charge in [0.25, 0.3) is 5.91 Å². The summed E-state index contributed by atoms with van der Waals surface area (Å²) in [5.74, 6) is 1.19. The molecular formula is C15H14N4O3. The van der Waals surface area contributed by atoms with Gasteiger partial charge < -0.3 is 19.9 Å². The minimum Gasteiger partial charge on any atom is -0.497 e. The van der Waals surface area contributed by atoms with Gasteiger partial charge in [0.1, 0.15) is 23.2 Å². The summed E-state index contributed by atoms with van der Waals surface area (Å²) in [5.41, 5.74) is 0.473. The lowest BCUT2D eigenvalue weighted by molar-refractivity contribution is -0.112. The Morgan fingerprint density at radius 1 is 1.41 bits per heavy atom. The fraction of sp³-hybridized carbons (Fsp3) is 0.133. The van der Waals surface area contributed by atoms with Crippen molar-refractivity contribution in [2.24, 2.45) is 0 Å². The van der Waals surface area contributed by atoms with Crippen LogP contribution in [0.4, 0.5) is 11.5 Å². The number of hydrogen-bond acceptors (Lipinski definition) is 6. The van der Waals surface area contributed by atoms with Crippen LogP contribution in [0.3, 0.4) is 0 Å². The summed E-state index contributed by atoms with van der Waals surface area (Å²) in [5, 5.41) is 18.1. The average Bonchev–Trinajstić information content (AvgIpc) is 2.94.